The third-order valence-electron chi connectivity index (χ3n) is 3.25. The van der Waals surface area contributed by atoms with Crippen molar-refractivity contribution in [2.24, 2.45) is 0 Å². The second kappa shape index (κ2) is 5.20. The first kappa shape index (κ1) is 13.2. The summed E-state index contributed by atoms with van der Waals surface area (Å²) in [5.41, 5.74) is 0.733. The molecule has 0 saturated heterocycles. The minimum Gasteiger partial charge on any atom is -0.300 e. The molecular weight excluding hydrogens is 250 g/mol. The van der Waals surface area contributed by atoms with Crippen LogP contribution in [-0.2, 0) is 14.8 Å². The van der Waals surface area contributed by atoms with E-state index in [1.54, 1.807) is 25.1 Å². The van der Waals surface area contributed by atoms with Crippen molar-refractivity contribution in [3.63, 3.8) is 0 Å². The minimum absolute atomic E-state index is 0.118. The van der Waals surface area contributed by atoms with Crippen LogP contribution in [0, 0.1) is 6.92 Å². The molecule has 18 heavy (non-hydrogen) atoms. The third-order valence-corrected chi connectivity index (χ3v) is 4.93. The molecule has 1 aromatic rings. The normalized spacial score (nSPS) is 17.9. The Morgan fingerprint density at radius 3 is 2.39 bits per heavy atom. The molecule has 1 fully saturated rings. The number of nitrogens with one attached hydrogen (secondary N) is 1. The number of sulfonamides is 1. The van der Waals surface area contributed by atoms with Gasteiger partial charge in [0.05, 0.1) is 4.90 Å². The number of carbonyl (C=O) groups excluding carboxylic acids is 1. The monoisotopic (exact) mass is 267 g/mol. The summed E-state index contributed by atoms with van der Waals surface area (Å²) >= 11 is 0. The highest BCUT2D eigenvalue weighted by Crippen LogP contribution is 2.19. The molecule has 0 radical (unpaired) electrons. The van der Waals surface area contributed by atoms with Gasteiger partial charge >= 0.3 is 0 Å². The van der Waals surface area contributed by atoms with Crippen LogP contribution in [0.2, 0.25) is 0 Å². The van der Waals surface area contributed by atoms with Gasteiger partial charge in [0.25, 0.3) is 0 Å². The summed E-state index contributed by atoms with van der Waals surface area (Å²) in [5, 5.41) is 0. The number of carbonyl (C=O) groups is 1. The minimum atomic E-state index is -3.47. The quantitative estimate of drug-likeness (QED) is 0.908. The number of hydrogen-bond acceptors (Lipinski definition) is 3. The van der Waals surface area contributed by atoms with Crippen molar-refractivity contribution in [2.45, 2.75) is 43.5 Å². The van der Waals surface area contributed by atoms with Gasteiger partial charge in [-0.1, -0.05) is 18.2 Å². The van der Waals surface area contributed by atoms with E-state index in [9.17, 15) is 13.2 Å². The zero-order chi connectivity index (χ0) is 13.2. The van der Waals surface area contributed by atoms with E-state index in [1.165, 1.54) is 0 Å². The zero-order valence-corrected chi connectivity index (χ0v) is 11.2. The van der Waals surface area contributed by atoms with Crippen molar-refractivity contribution in [3.05, 3.63) is 29.8 Å². The molecule has 0 aromatic heterocycles. The van der Waals surface area contributed by atoms with Crippen LogP contribution in [-0.4, -0.2) is 20.2 Å². The lowest BCUT2D eigenvalue weighted by atomic mass is 9.95. The van der Waals surface area contributed by atoms with Crippen LogP contribution < -0.4 is 4.72 Å². The van der Waals surface area contributed by atoms with Crippen molar-refractivity contribution in [1.82, 2.24) is 4.72 Å². The second-order valence-electron chi connectivity index (χ2n) is 4.70. The summed E-state index contributed by atoms with van der Waals surface area (Å²) in [7, 11) is -3.47. The van der Waals surface area contributed by atoms with Gasteiger partial charge < -0.3 is 0 Å². The SMILES string of the molecule is Cc1ccccc1S(=O)(=O)NC1CCC(=O)CC1. The Hall–Kier alpha value is -1.20. The molecule has 2 rings (SSSR count). The molecule has 4 nitrogen and oxygen atoms in total. The summed E-state index contributed by atoms with van der Waals surface area (Å²) in [6.45, 7) is 1.78. The van der Waals surface area contributed by atoms with E-state index in [0.717, 1.165) is 5.56 Å². The maximum Gasteiger partial charge on any atom is 0.241 e. The van der Waals surface area contributed by atoms with Crippen molar-refractivity contribution < 1.29 is 13.2 Å². The lowest BCUT2D eigenvalue weighted by Crippen LogP contribution is -2.37. The summed E-state index contributed by atoms with van der Waals surface area (Å²) in [6, 6.07) is 6.79. The lowest BCUT2D eigenvalue weighted by molar-refractivity contribution is -0.120. The molecule has 0 spiro atoms. The van der Waals surface area contributed by atoms with Crippen LogP contribution in [0.4, 0.5) is 0 Å². The molecule has 0 amide bonds. The first-order chi connectivity index (χ1) is 8.49. The predicted octanol–water partition coefficient (Wildman–Crippen LogP) is 1.79. The molecule has 1 saturated carbocycles. The van der Waals surface area contributed by atoms with Crippen molar-refractivity contribution in [1.29, 1.82) is 0 Å². The number of ketones is 1. The van der Waals surface area contributed by atoms with E-state index < -0.39 is 10.0 Å². The van der Waals surface area contributed by atoms with E-state index in [0.29, 0.717) is 30.6 Å². The van der Waals surface area contributed by atoms with Crippen LogP contribution in [0.15, 0.2) is 29.2 Å². The Balaban J connectivity index is 2.13. The Kier molecular flexibility index (Phi) is 3.82. The first-order valence-electron chi connectivity index (χ1n) is 6.09. The molecule has 1 N–H and O–H groups in total. The average Bonchev–Trinajstić information content (AvgIpc) is 2.32. The van der Waals surface area contributed by atoms with Gasteiger partial charge in [-0.25, -0.2) is 13.1 Å². The maximum atomic E-state index is 12.2. The van der Waals surface area contributed by atoms with Crippen LogP contribution >= 0.6 is 0 Å². The number of hydrogen-bond donors (Lipinski definition) is 1. The second-order valence-corrected chi connectivity index (χ2v) is 6.38. The topological polar surface area (TPSA) is 63.2 Å². The van der Waals surface area contributed by atoms with Crippen molar-refractivity contribution in [2.75, 3.05) is 0 Å². The highest BCUT2D eigenvalue weighted by Gasteiger charge is 2.25. The Bertz CT molecular complexity index is 541. The van der Waals surface area contributed by atoms with Crippen LogP contribution in [0.25, 0.3) is 0 Å². The third kappa shape index (κ3) is 2.97. The van der Waals surface area contributed by atoms with Gasteiger partial charge in [0.2, 0.25) is 10.0 Å². The van der Waals surface area contributed by atoms with Gasteiger partial charge in [-0.3, -0.25) is 4.79 Å². The molecule has 0 unspecified atom stereocenters. The summed E-state index contributed by atoms with van der Waals surface area (Å²) < 4.78 is 27.1. The maximum absolute atomic E-state index is 12.2. The Morgan fingerprint density at radius 2 is 1.78 bits per heavy atom. The number of Topliss-reactive ketones (excluding diaryl/α,β-unsaturated/α-hetero) is 1. The van der Waals surface area contributed by atoms with Crippen LogP contribution in [0.1, 0.15) is 31.2 Å². The van der Waals surface area contributed by atoms with E-state index in [-0.39, 0.29) is 11.8 Å². The lowest BCUT2D eigenvalue weighted by Gasteiger charge is -2.22. The van der Waals surface area contributed by atoms with Gasteiger partial charge in [-0.2, -0.15) is 0 Å². The Morgan fingerprint density at radius 1 is 1.17 bits per heavy atom. The molecule has 1 aromatic carbocycles. The van der Waals surface area contributed by atoms with Gasteiger partial charge in [-0.05, 0) is 31.4 Å². The van der Waals surface area contributed by atoms with Crippen LogP contribution in [0.3, 0.4) is 0 Å². The van der Waals surface area contributed by atoms with E-state index >= 15 is 0 Å². The molecule has 1 aliphatic rings. The summed E-state index contributed by atoms with van der Waals surface area (Å²) in [6.07, 6.45) is 2.15. The van der Waals surface area contributed by atoms with E-state index in [4.69, 9.17) is 0 Å². The number of benzene rings is 1. The molecule has 0 atom stereocenters. The molecule has 0 heterocycles. The molecule has 1 aliphatic carbocycles. The van der Waals surface area contributed by atoms with E-state index in [2.05, 4.69) is 4.72 Å². The molecule has 98 valence electrons. The smallest absolute Gasteiger partial charge is 0.241 e. The van der Waals surface area contributed by atoms with E-state index in [1.807, 2.05) is 6.07 Å². The van der Waals surface area contributed by atoms with Gasteiger partial charge in [0, 0.05) is 18.9 Å². The fourth-order valence-corrected chi connectivity index (χ4v) is 3.75. The van der Waals surface area contributed by atoms with Gasteiger partial charge in [-0.15, -0.1) is 0 Å². The van der Waals surface area contributed by atoms with Gasteiger partial charge in [0.1, 0.15) is 5.78 Å². The summed E-state index contributed by atoms with van der Waals surface area (Å²) in [4.78, 5) is 11.4. The first-order valence-corrected chi connectivity index (χ1v) is 7.57. The molecule has 0 aliphatic heterocycles. The summed E-state index contributed by atoms with van der Waals surface area (Å²) in [5.74, 6) is 0.223. The highest BCUT2D eigenvalue weighted by molar-refractivity contribution is 7.89. The fourth-order valence-electron chi connectivity index (χ4n) is 2.20. The van der Waals surface area contributed by atoms with Gasteiger partial charge in [0.15, 0.2) is 0 Å². The van der Waals surface area contributed by atoms with Crippen molar-refractivity contribution >= 4 is 15.8 Å². The standard InChI is InChI=1S/C13H17NO3S/c1-10-4-2-3-5-13(10)18(16,17)14-11-6-8-12(15)9-7-11/h2-5,11,14H,6-9H2,1H3. The largest absolute Gasteiger partial charge is 0.300 e. The average molecular weight is 267 g/mol. The molecular formula is C13H17NO3S. The number of rotatable bonds is 3. The van der Waals surface area contributed by atoms with Crippen LogP contribution in [0.5, 0.6) is 0 Å². The predicted molar refractivity (Wildman–Crippen MR) is 68.8 cm³/mol. The highest BCUT2D eigenvalue weighted by atomic mass is 32.2. The van der Waals surface area contributed by atoms with Crippen molar-refractivity contribution in [3.8, 4) is 0 Å². The zero-order valence-electron chi connectivity index (χ0n) is 10.3. The Labute approximate surface area is 107 Å². The fraction of sp³-hybridized carbons (Fsp3) is 0.462. The molecule has 0 bridgehead atoms. The molecule has 5 heteroatoms. The number of aryl methyl sites for hydroxylation is 1.